The molecular formula is C13H20N2O2. The summed E-state index contributed by atoms with van der Waals surface area (Å²) >= 11 is 0. The van der Waals surface area contributed by atoms with E-state index in [1.807, 2.05) is 26.0 Å². The molecule has 1 aromatic rings. The maximum atomic E-state index is 12.2. The number of rotatable bonds is 3. The average molecular weight is 236 g/mol. The lowest BCUT2D eigenvalue weighted by atomic mass is 9.80. The van der Waals surface area contributed by atoms with Crippen molar-refractivity contribution in [3.63, 3.8) is 0 Å². The smallest absolute Gasteiger partial charge is 0.226 e. The highest BCUT2D eigenvalue weighted by molar-refractivity contribution is 5.82. The summed E-state index contributed by atoms with van der Waals surface area (Å²) in [6.07, 6.45) is 3.41. The van der Waals surface area contributed by atoms with Gasteiger partial charge >= 0.3 is 0 Å². The number of carbonyl (C=O) groups excluding carboxylic acids is 1. The summed E-state index contributed by atoms with van der Waals surface area (Å²) in [5.74, 6) is 0.929. The molecule has 1 fully saturated rings. The Morgan fingerprint density at radius 3 is 2.82 bits per heavy atom. The molecule has 2 rings (SSSR count). The lowest BCUT2D eigenvalue weighted by Crippen LogP contribution is -2.46. The van der Waals surface area contributed by atoms with Crippen molar-refractivity contribution in [1.82, 2.24) is 10.6 Å². The summed E-state index contributed by atoms with van der Waals surface area (Å²) in [5.41, 5.74) is -0.244. The van der Waals surface area contributed by atoms with Crippen molar-refractivity contribution in [2.24, 2.45) is 5.41 Å². The summed E-state index contributed by atoms with van der Waals surface area (Å²) < 4.78 is 5.29. The first kappa shape index (κ1) is 12.2. The minimum absolute atomic E-state index is 0.0655. The van der Waals surface area contributed by atoms with Gasteiger partial charge in [-0.15, -0.1) is 0 Å². The highest BCUT2D eigenvalue weighted by Gasteiger charge is 2.35. The second-order valence-electron chi connectivity index (χ2n) is 5.02. The molecule has 0 bridgehead atoms. The Hall–Kier alpha value is -1.29. The van der Waals surface area contributed by atoms with Crippen LogP contribution in [0.1, 0.15) is 38.5 Å². The molecule has 1 unspecified atom stereocenters. The molecule has 1 atom stereocenters. The standard InChI is InChI=1S/C13H20N2O2/c1-10(11-4-3-9-17-11)15-12(16)13(2)5-7-14-8-6-13/h3-4,9-10,14H,5-8H2,1-2H3,(H,15,16). The number of furan rings is 1. The van der Waals surface area contributed by atoms with Crippen molar-refractivity contribution >= 4 is 5.91 Å². The highest BCUT2D eigenvalue weighted by atomic mass is 16.3. The van der Waals surface area contributed by atoms with E-state index in [-0.39, 0.29) is 17.4 Å². The van der Waals surface area contributed by atoms with E-state index in [2.05, 4.69) is 10.6 Å². The average Bonchev–Trinajstić information content (AvgIpc) is 2.83. The quantitative estimate of drug-likeness (QED) is 0.842. The normalized spacial score (nSPS) is 20.8. The molecule has 2 heterocycles. The van der Waals surface area contributed by atoms with E-state index in [4.69, 9.17) is 4.42 Å². The number of amides is 1. The SMILES string of the molecule is CC(NC(=O)C1(C)CCNCC1)c1ccco1. The van der Waals surface area contributed by atoms with Gasteiger partial charge in [-0.05, 0) is 45.0 Å². The number of carbonyl (C=O) groups is 1. The van der Waals surface area contributed by atoms with Crippen LogP contribution in [-0.2, 0) is 4.79 Å². The van der Waals surface area contributed by atoms with Crippen molar-refractivity contribution < 1.29 is 9.21 Å². The molecule has 4 heteroatoms. The topological polar surface area (TPSA) is 54.3 Å². The molecule has 0 spiro atoms. The molecular weight excluding hydrogens is 216 g/mol. The Bertz CT molecular complexity index is 367. The lowest BCUT2D eigenvalue weighted by molar-refractivity contribution is -0.132. The van der Waals surface area contributed by atoms with Crippen molar-refractivity contribution in [2.45, 2.75) is 32.7 Å². The van der Waals surface area contributed by atoms with Gasteiger partial charge < -0.3 is 15.1 Å². The minimum atomic E-state index is -0.244. The fourth-order valence-electron chi connectivity index (χ4n) is 2.19. The van der Waals surface area contributed by atoms with Gasteiger partial charge in [0.25, 0.3) is 0 Å². The largest absolute Gasteiger partial charge is 0.467 e. The van der Waals surface area contributed by atoms with Crippen LogP contribution in [0.3, 0.4) is 0 Å². The summed E-state index contributed by atoms with van der Waals surface area (Å²) in [6.45, 7) is 5.82. The molecule has 0 radical (unpaired) electrons. The first-order chi connectivity index (χ1) is 8.12. The third-order valence-corrected chi connectivity index (χ3v) is 3.57. The third-order valence-electron chi connectivity index (χ3n) is 3.57. The van der Waals surface area contributed by atoms with Crippen molar-refractivity contribution in [1.29, 1.82) is 0 Å². The van der Waals surface area contributed by atoms with Gasteiger partial charge in [0.2, 0.25) is 5.91 Å². The van der Waals surface area contributed by atoms with E-state index in [1.165, 1.54) is 0 Å². The zero-order valence-corrected chi connectivity index (χ0v) is 10.5. The van der Waals surface area contributed by atoms with Gasteiger partial charge in [0, 0.05) is 5.41 Å². The molecule has 1 aliphatic heterocycles. The molecule has 0 aromatic carbocycles. The molecule has 1 saturated heterocycles. The van der Waals surface area contributed by atoms with Crippen LogP contribution in [-0.4, -0.2) is 19.0 Å². The fourth-order valence-corrected chi connectivity index (χ4v) is 2.19. The highest BCUT2D eigenvalue weighted by Crippen LogP contribution is 2.29. The van der Waals surface area contributed by atoms with Crippen LogP contribution in [0.25, 0.3) is 0 Å². The van der Waals surface area contributed by atoms with Crippen LogP contribution < -0.4 is 10.6 Å². The molecule has 1 aromatic heterocycles. The van der Waals surface area contributed by atoms with Crippen LogP contribution >= 0.6 is 0 Å². The maximum Gasteiger partial charge on any atom is 0.226 e. The molecule has 17 heavy (non-hydrogen) atoms. The zero-order valence-electron chi connectivity index (χ0n) is 10.5. The second-order valence-corrected chi connectivity index (χ2v) is 5.02. The number of hydrogen-bond acceptors (Lipinski definition) is 3. The first-order valence-corrected chi connectivity index (χ1v) is 6.17. The van der Waals surface area contributed by atoms with E-state index in [9.17, 15) is 4.79 Å². The van der Waals surface area contributed by atoms with Crippen LogP contribution in [0.4, 0.5) is 0 Å². The lowest BCUT2D eigenvalue weighted by Gasteiger charge is -2.33. The van der Waals surface area contributed by atoms with Gasteiger partial charge in [-0.1, -0.05) is 6.92 Å². The molecule has 2 N–H and O–H groups in total. The van der Waals surface area contributed by atoms with Gasteiger partial charge in [-0.2, -0.15) is 0 Å². The predicted octanol–water partition coefficient (Wildman–Crippen LogP) is 1.85. The van der Waals surface area contributed by atoms with Crippen molar-refractivity contribution in [3.8, 4) is 0 Å². The summed E-state index contributed by atoms with van der Waals surface area (Å²) in [5, 5.41) is 6.31. The minimum Gasteiger partial charge on any atom is -0.467 e. The number of piperidine rings is 1. The second kappa shape index (κ2) is 4.92. The van der Waals surface area contributed by atoms with E-state index < -0.39 is 0 Å². The fraction of sp³-hybridized carbons (Fsp3) is 0.615. The van der Waals surface area contributed by atoms with Gasteiger partial charge in [-0.25, -0.2) is 0 Å². The molecule has 94 valence electrons. The Morgan fingerprint density at radius 2 is 2.24 bits per heavy atom. The van der Waals surface area contributed by atoms with Crippen LogP contribution in [0, 0.1) is 5.41 Å². The van der Waals surface area contributed by atoms with Crippen LogP contribution in [0.5, 0.6) is 0 Å². The Kier molecular flexibility index (Phi) is 3.52. The Labute approximate surface area is 102 Å². The first-order valence-electron chi connectivity index (χ1n) is 6.17. The number of nitrogens with one attached hydrogen (secondary N) is 2. The van der Waals surface area contributed by atoms with Crippen LogP contribution in [0.15, 0.2) is 22.8 Å². The van der Waals surface area contributed by atoms with E-state index >= 15 is 0 Å². The van der Waals surface area contributed by atoms with Gasteiger partial charge in [-0.3, -0.25) is 4.79 Å². The monoisotopic (exact) mass is 236 g/mol. The van der Waals surface area contributed by atoms with Crippen LogP contribution in [0.2, 0.25) is 0 Å². The molecule has 0 saturated carbocycles. The summed E-state index contributed by atoms with van der Waals surface area (Å²) in [7, 11) is 0. The maximum absolute atomic E-state index is 12.2. The van der Waals surface area contributed by atoms with Gasteiger partial charge in [0.05, 0.1) is 12.3 Å². The molecule has 4 nitrogen and oxygen atoms in total. The van der Waals surface area contributed by atoms with E-state index in [0.717, 1.165) is 31.7 Å². The molecule has 1 amide bonds. The van der Waals surface area contributed by atoms with Crippen molar-refractivity contribution in [3.05, 3.63) is 24.2 Å². The predicted molar refractivity (Wildman–Crippen MR) is 65.5 cm³/mol. The molecule has 1 aliphatic rings. The Morgan fingerprint density at radius 1 is 1.53 bits per heavy atom. The van der Waals surface area contributed by atoms with E-state index in [1.54, 1.807) is 6.26 Å². The third kappa shape index (κ3) is 2.69. The van der Waals surface area contributed by atoms with Gasteiger partial charge in [0.1, 0.15) is 5.76 Å². The van der Waals surface area contributed by atoms with Gasteiger partial charge in [0.15, 0.2) is 0 Å². The molecule has 0 aliphatic carbocycles. The number of hydrogen-bond donors (Lipinski definition) is 2. The summed E-state index contributed by atoms with van der Waals surface area (Å²) in [4.78, 5) is 12.2. The van der Waals surface area contributed by atoms with E-state index in [0.29, 0.717) is 0 Å². The zero-order chi connectivity index (χ0) is 12.3. The summed E-state index contributed by atoms with van der Waals surface area (Å²) in [6, 6.07) is 3.66. The van der Waals surface area contributed by atoms with Crippen molar-refractivity contribution in [2.75, 3.05) is 13.1 Å². The Balaban J connectivity index is 1.96.